The number of aromatic nitrogens is 3. The number of fused-ring (bicyclic) bond motifs is 1. The number of piperidine rings is 1. The van der Waals surface area contributed by atoms with Gasteiger partial charge in [-0.1, -0.05) is 11.6 Å². The molecule has 3 heterocycles. The quantitative estimate of drug-likeness (QED) is 0.724. The van der Waals surface area contributed by atoms with E-state index >= 15 is 0 Å². The Morgan fingerprint density at radius 1 is 1.42 bits per heavy atom. The van der Waals surface area contributed by atoms with Gasteiger partial charge in [-0.2, -0.15) is 17.8 Å². The zero-order chi connectivity index (χ0) is 18.9. The zero-order valence-corrected chi connectivity index (χ0v) is 16.5. The summed E-state index contributed by atoms with van der Waals surface area (Å²) < 4.78 is 26.9. The highest BCUT2D eigenvalue weighted by atomic mass is 35.5. The molecule has 0 atom stereocenters. The number of likely N-dealkylation sites (N-methyl/N-ethyl adjacent to an activating group) is 1. The fraction of sp³-hybridized carbons (Fsp3) is 0.600. The molecule has 3 rings (SSSR count). The number of halogens is 1. The number of nitrogens with two attached hydrogens (primary N) is 1. The van der Waals surface area contributed by atoms with Crippen LogP contribution < -0.4 is 15.4 Å². The highest BCUT2D eigenvalue weighted by Crippen LogP contribution is 2.29. The maximum Gasteiger partial charge on any atom is 0.277 e. The van der Waals surface area contributed by atoms with Crippen molar-refractivity contribution in [2.75, 3.05) is 38.1 Å². The van der Waals surface area contributed by atoms with Crippen LogP contribution in [-0.4, -0.2) is 66.6 Å². The molecule has 9 nitrogen and oxygen atoms in total. The van der Waals surface area contributed by atoms with E-state index in [1.165, 1.54) is 10.6 Å². The van der Waals surface area contributed by atoms with E-state index in [4.69, 9.17) is 16.7 Å². The predicted octanol–water partition coefficient (Wildman–Crippen LogP) is 0.385. The smallest absolute Gasteiger partial charge is 0.277 e. The fourth-order valence-corrected chi connectivity index (χ4v) is 4.76. The van der Waals surface area contributed by atoms with E-state index in [2.05, 4.69) is 20.3 Å². The topological polar surface area (TPSA) is 109 Å². The molecule has 0 spiro atoms. The van der Waals surface area contributed by atoms with Crippen molar-refractivity contribution < 1.29 is 8.42 Å². The third-order valence-electron chi connectivity index (χ3n) is 4.76. The number of rotatable bonds is 6. The van der Waals surface area contributed by atoms with Gasteiger partial charge < -0.3 is 10.2 Å². The normalized spacial score (nSPS) is 16.7. The Morgan fingerprint density at radius 2 is 2.12 bits per heavy atom. The molecule has 0 bridgehead atoms. The number of anilines is 1. The minimum absolute atomic E-state index is 0.107. The van der Waals surface area contributed by atoms with Crippen LogP contribution >= 0.6 is 11.6 Å². The Labute approximate surface area is 158 Å². The summed E-state index contributed by atoms with van der Waals surface area (Å²) >= 11 is 6.21. The summed E-state index contributed by atoms with van der Waals surface area (Å²) in [5.41, 5.74) is 1.89. The van der Waals surface area contributed by atoms with E-state index in [9.17, 15) is 8.42 Å². The zero-order valence-electron chi connectivity index (χ0n) is 14.9. The Bertz CT molecular complexity index is 877. The summed E-state index contributed by atoms with van der Waals surface area (Å²) in [5.74, 6) is 0.820. The van der Waals surface area contributed by atoms with Gasteiger partial charge in [-0.3, -0.25) is 0 Å². The van der Waals surface area contributed by atoms with Crippen LogP contribution in [0.3, 0.4) is 0 Å². The van der Waals surface area contributed by atoms with Gasteiger partial charge in [-0.25, -0.2) is 14.6 Å². The monoisotopic (exact) mass is 401 g/mol. The third-order valence-corrected chi connectivity index (χ3v) is 6.17. The molecule has 0 aromatic carbocycles. The summed E-state index contributed by atoms with van der Waals surface area (Å²) in [7, 11) is -1.94. The lowest BCUT2D eigenvalue weighted by Crippen LogP contribution is -2.51. The second kappa shape index (κ2) is 7.65. The van der Waals surface area contributed by atoms with E-state index in [0.29, 0.717) is 44.2 Å². The molecule has 144 valence electrons. The summed E-state index contributed by atoms with van der Waals surface area (Å²) in [6.07, 6.45) is 2.86. The first-order chi connectivity index (χ1) is 12.3. The van der Waals surface area contributed by atoms with Gasteiger partial charge in [0.25, 0.3) is 10.2 Å². The summed E-state index contributed by atoms with van der Waals surface area (Å²) in [6.45, 7) is 4.27. The van der Waals surface area contributed by atoms with Crippen LogP contribution in [0.15, 0.2) is 12.4 Å². The molecule has 0 radical (unpaired) electrons. The predicted molar refractivity (Wildman–Crippen MR) is 102 cm³/mol. The van der Waals surface area contributed by atoms with Gasteiger partial charge in [0.1, 0.15) is 17.0 Å². The van der Waals surface area contributed by atoms with E-state index in [0.717, 1.165) is 16.9 Å². The SMILES string of the molecule is CNCCN(C1CCN(c2ncnn3c(Cl)cc(C)c23)CC1)S(N)(=O)=O. The first-order valence-corrected chi connectivity index (χ1v) is 10.4. The van der Waals surface area contributed by atoms with Crippen LogP contribution in [0.4, 0.5) is 5.82 Å². The molecule has 1 aliphatic rings. The molecule has 1 saturated heterocycles. The van der Waals surface area contributed by atoms with Gasteiger partial charge in [-0.05, 0) is 38.4 Å². The fourth-order valence-electron chi connectivity index (χ4n) is 3.50. The first kappa shape index (κ1) is 19.3. The lowest BCUT2D eigenvalue weighted by molar-refractivity contribution is 0.275. The third kappa shape index (κ3) is 3.79. The van der Waals surface area contributed by atoms with Crippen LogP contribution in [0.25, 0.3) is 5.52 Å². The van der Waals surface area contributed by atoms with Crippen LogP contribution in [0.2, 0.25) is 5.15 Å². The van der Waals surface area contributed by atoms with Crippen molar-refractivity contribution >= 4 is 33.1 Å². The van der Waals surface area contributed by atoms with Crippen LogP contribution in [0, 0.1) is 6.92 Å². The average Bonchev–Trinajstić information content (AvgIpc) is 2.89. The second-order valence-corrected chi connectivity index (χ2v) is 8.36. The minimum Gasteiger partial charge on any atom is -0.355 e. The van der Waals surface area contributed by atoms with E-state index < -0.39 is 10.2 Å². The molecular weight excluding hydrogens is 378 g/mol. The van der Waals surface area contributed by atoms with Crippen molar-refractivity contribution in [3.8, 4) is 0 Å². The molecule has 2 aromatic rings. The van der Waals surface area contributed by atoms with E-state index in [-0.39, 0.29) is 6.04 Å². The van der Waals surface area contributed by atoms with E-state index in [1.54, 1.807) is 11.6 Å². The first-order valence-electron chi connectivity index (χ1n) is 8.51. The van der Waals surface area contributed by atoms with E-state index in [1.807, 2.05) is 13.0 Å². The lowest BCUT2D eigenvalue weighted by Gasteiger charge is -2.37. The summed E-state index contributed by atoms with van der Waals surface area (Å²) in [6, 6.07) is 1.76. The highest BCUT2D eigenvalue weighted by molar-refractivity contribution is 7.86. The highest BCUT2D eigenvalue weighted by Gasteiger charge is 2.31. The number of nitrogens with one attached hydrogen (secondary N) is 1. The molecule has 11 heteroatoms. The van der Waals surface area contributed by atoms with Crippen molar-refractivity contribution in [1.29, 1.82) is 0 Å². The molecule has 0 unspecified atom stereocenters. The number of aryl methyl sites for hydroxylation is 1. The van der Waals surface area contributed by atoms with Crippen LogP contribution in [-0.2, 0) is 10.2 Å². The Balaban J connectivity index is 1.78. The van der Waals surface area contributed by atoms with Crippen molar-refractivity contribution in [2.45, 2.75) is 25.8 Å². The van der Waals surface area contributed by atoms with Crippen molar-refractivity contribution in [2.24, 2.45) is 5.14 Å². The average molecular weight is 402 g/mol. The lowest BCUT2D eigenvalue weighted by atomic mass is 10.0. The molecule has 0 amide bonds. The Hall–Kier alpha value is -1.46. The van der Waals surface area contributed by atoms with Crippen molar-refractivity contribution in [1.82, 2.24) is 24.2 Å². The van der Waals surface area contributed by atoms with Gasteiger partial charge in [-0.15, -0.1) is 0 Å². The largest absolute Gasteiger partial charge is 0.355 e. The Morgan fingerprint density at radius 3 is 2.73 bits per heavy atom. The van der Waals surface area contributed by atoms with Gasteiger partial charge >= 0.3 is 0 Å². The van der Waals surface area contributed by atoms with Crippen LogP contribution in [0.1, 0.15) is 18.4 Å². The molecule has 3 N–H and O–H groups in total. The molecular formula is C15H24ClN7O2S. The molecule has 2 aromatic heterocycles. The van der Waals surface area contributed by atoms with Gasteiger partial charge in [0, 0.05) is 32.2 Å². The molecule has 26 heavy (non-hydrogen) atoms. The molecule has 0 saturated carbocycles. The second-order valence-electron chi connectivity index (χ2n) is 6.47. The minimum atomic E-state index is -3.73. The van der Waals surface area contributed by atoms with Gasteiger partial charge in [0.05, 0.1) is 0 Å². The standard InChI is InChI=1S/C15H24ClN7O2S/c1-11-9-13(16)23-14(11)15(19-10-20-23)21-6-3-12(4-7-21)22(8-5-18-2)26(17,24)25/h9-10,12,18H,3-8H2,1-2H3,(H2,17,24,25). The number of hydrogen-bond acceptors (Lipinski definition) is 6. The number of hydrogen-bond donors (Lipinski definition) is 2. The maximum atomic E-state index is 11.9. The van der Waals surface area contributed by atoms with Gasteiger partial charge in [0.2, 0.25) is 0 Å². The van der Waals surface area contributed by atoms with Crippen LogP contribution in [0.5, 0.6) is 0 Å². The summed E-state index contributed by atoms with van der Waals surface area (Å²) in [5, 5.41) is 13.1. The molecule has 1 aliphatic heterocycles. The molecule has 0 aliphatic carbocycles. The molecule has 1 fully saturated rings. The Kier molecular flexibility index (Phi) is 5.68. The maximum absolute atomic E-state index is 11.9. The van der Waals surface area contributed by atoms with Crippen molar-refractivity contribution in [3.05, 3.63) is 23.1 Å². The van der Waals surface area contributed by atoms with Crippen molar-refractivity contribution in [3.63, 3.8) is 0 Å². The van der Waals surface area contributed by atoms with Gasteiger partial charge in [0.15, 0.2) is 5.82 Å². The number of nitrogens with zero attached hydrogens (tertiary/aromatic N) is 5. The summed E-state index contributed by atoms with van der Waals surface area (Å²) in [4.78, 5) is 6.59.